The van der Waals surface area contributed by atoms with Gasteiger partial charge in [0.1, 0.15) is 5.60 Å². The lowest BCUT2D eigenvalue weighted by Gasteiger charge is -2.24. The summed E-state index contributed by atoms with van der Waals surface area (Å²) in [6, 6.07) is 9.71. The number of carbonyl (C=O) groups excluding carboxylic acids is 1. The van der Waals surface area contributed by atoms with Crippen LogP contribution in [0.15, 0.2) is 24.3 Å². The molecule has 1 aliphatic rings. The molecule has 1 aliphatic heterocycles. The van der Waals surface area contributed by atoms with E-state index in [2.05, 4.69) is 6.07 Å². The molecule has 1 fully saturated rings. The number of ether oxygens (including phenoxy) is 1. The Balaban J connectivity index is 1.98. The quantitative estimate of drug-likeness (QED) is 0.788. The van der Waals surface area contributed by atoms with Gasteiger partial charge in [-0.15, -0.1) is 0 Å². The maximum Gasteiger partial charge on any atom is 0.410 e. The molecule has 0 spiro atoms. The van der Waals surface area contributed by atoms with Crippen molar-refractivity contribution in [3.05, 3.63) is 35.4 Å². The van der Waals surface area contributed by atoms with E-state index in [0.717, 1.165) is 13.0 Å². The second-order valence-corrected chi connectivity index (χ2v) is 6.15. The highest BCUT2D eigenvalue weighted by atomic mass is 16.6. The zero-order valence-corrected chi connectivity index (χ0v) is 12.2. The Morgan fingerprint density at radius 3 is 2.55 bits per heavy atom. The highest BCUT2D eigenvalue weighted by Gasteiger charge is 2.30. The first-order chi connectivity index (χ1) is 9.39. The molecule has 4 nitrogen and oxygen atoms in total. The summed E-state index contributed by atoms with van der Waals surface area (Å²) in [5.74, 6) is 0.329. The van der Waals surface area contributed by atoms with Gasteiger partial charge in [-0.05, 0) is 44.9 Å². The van der Waals surface area contributed by atoms with Crippen LogP contribution < -0.4 is 0 Å². The summed E-state index contributed by atoms with van der Waals surface area (Å²) >= 11 is 0. The number of carbonyl (C=O) groups is 1. The Bertz CT molecular complexity index is 523. The van der Waals surface area contributed by atoms with Gasteiger partial charge < -0.3 is 9.64 Å². The fourth-order valence-corrected chi connectivity index (χ4v) is 2.35. The van der Waals surface area contributed by atoms with Crippen molar-refractivity contribution in [3.8, 4) is 6.07 Å². The average Bonchev–Trinajstić information content (AvgIpc) is 2.86. The van der Waals surface area contributed by atoms with E-state index in [1.54, 1.807) is 4.90 Å². The van der Waals surface area contributed by atoms with Crippen LogP contribution in [0.5, 0.6) is 0 Å². The van der Waals surface area contributed by atoms with Gasteiger partial charge in [-0.3, -0.25) is 0 Å². The molecule has 1 saturated heterocycles. The molecule has 1 unspecified atom stereocenters. The van der Waals surface area contributed by atoms with Gasteiger partial charge in [0.25, 0.3) is 0 Å². The maximum absolute atomic E-state index is 12.0. The predicted molar refractivity (Wildman–Crippen MR) is 76.3 cm³/mol. The van der Waals surface area contributed by atoms with E-state index in [-0.39, 0.29) is 6.09 Å². The number of nitriles is 1. The van der Waals surface area contributed by atoms with Crippen molar-refractivity contribution in [2.75, 3.05) is 13.1 Å². The maximum atomic E-state index is 12.0. The largest absolute Gasteiger partial charge is 0.444 e. The van der Waals surface area contributed by atoms with E-state index < -0.39 is 5.60 Å². The number of rotatable bonds is 1. The van der Waals surface area contributed by atoms with Gasteiger partial charge in [0.2, 0.25) is 0 Å². The Morgan fingerprint density at radius 2 is 2.00 bits per heavy atom. The molecule has 20 heavy (non-hydrogen) atoms. The van der Waals surface area contributed by atoms with E-state index in [1.807, 2.05) is 45.0 Å². The first kappa shape index (κ1) is 14.4. The Labute approximate surface area is 120 Å². The Hall–Kier alpha value is -2.02. The molecule has 0 radical (unpaired) electrons. The van der Waals surface area contributed by atoms with Crippen LogP contribution in [-0.2, 0) is 4.74 Å². The molecule has 1 aromatic rings. The normalized spacial score (nSPS) is 18.7. The van der Waals surface area contributed by atoms with Crippen molar-refractivity contribution in [1.82, 2.24) is 4.90 Å². The number of hydrogen-bond donors (Lipinski definition) is 0. The van der Waals surface area contributed by atoms with Gasteiger partial charge >= 0.3 is 6.09 Å². The van der Waals surface area contributed by atoms with Gasteiger partial charge in [-0.25, -0.2) is 4.79 Å². The number of likely N-dealkylation sites (tertiary alicyclic amines) is 1. The van der Waals surface area contributed by atoms with Gasteiger partial charge in [0.05, 0.1) is 11.6 Å². The van der Waals surface area contributed by atoms with Gasteiger partial charge in [-0.1, -0.05) is 12.1 Å². The van der Waals surface area contributed by atoms with Gasteiger partial charge in [0, 0.05) is 19.0 Å². The average molecular weight is 272 g/mol. The molecule has 1 amide bonds. The van der Waals surface area contributed by atoms with Gasteiger partial charge in [0.15, 0.2) is 0 Å². The Kier molecular flexibility index (Phi) is 3.99. The van der Waals surface area contributed by atoms with Crippen LogP contribution >= 0.6 is 0 Å². The van der Waals surface area contributed by atoms with Gasteiger partial charge in [-0.2, -0.15) is 5.26 Å². The molecule has 1 aromatic carbocycles. The van der Waals surface area contributed by atoms with Crippen molar-refractivity contribution in [3.63, 3.8) is 0 Å². The molecule has 2 rings (SSSR count). The van der Waals surface area contributed by atoms with Crippen molar-refractivity contribution in [2.45, 2.75) is 38.7 Å². The highest BCUT2D eigenvalue weighted by Crippen LogP contribution is 2.28. The third kappa shape index (κ3) is 3.51. The van der Waals surface area contributed by atoms with Crippen molar-refractivity contribution >= 4 is 6.09 Å². The van der Waals surface area contributed by atoms with Crippen LogP contribution in [0, 0.1) is 11.3 Å². The molecule has 0 saturated carbocycles. The monoisotopic (exact) mass is 272 g/mol. The van der Waals surface area contributed by atoms with Crippen LogP contribution in [-0.4, -0.2) is 29.7 Å². The number of hydrogen-bond acceptors (Lipinski definition) is 3. The second kappa shape index (κ2) is 5.54. The van der Waals surface area contributed by atoms with E-state index in [9.17, 15) is 4.79 Å². The van der Waals surface area contributed by atoms with Crippen molar-refractivity contribution < 1.29 is 9.53 Å². The smallest absolute Gasteiger partial charge is 0.410 e. The summed E-state index contributed by atoms with van der Waals surface area (Å²) in [5.41, 5.74) is 1.38. The first-order valence-electron chi connectivity index (χ1n) is 6.87. The molecular weight excluding hydrogens is 252 g/mol. The predicted octanol–water partition coefficient (Wildman–Crippen LogP) is 3.28. The fraction of sp³-hybridized carbons (Fsp3) is 0.500. The molecule has 0 bridgehead atoms. The molecule has 0 aromatic heterocycles. The SMILES string of the molecule is CC(C)(C)OC(=O)N1CCC(c2ccc(C#N)cc2)C1. The molecule has 4 heteroatoms. The molecule has 0 aliphatic carbocycles. The standard InChI is InChI=1S/C16H20N2O2/c1-16(2,3)20-15(19)18-9-8-14(11-18)13-6-4-12(10-17)5-7-13/h4-7,14H,8-9,11H2,1-3H3. The molecule has 0 N–H and O–H groups in total. The second-order valence-electron chi connectivity index (χ2n) is 6.15. The van der Waals surface area contributed by atoms with Crippen LogP contribution in [0.1, 0.15) is 44.2 Å². The fourth-order valence-electron chi connectivity index (χ4n) is 2.35. The molecular formula is C16H20N2O2. The minimum absolute atomic E-state index is 0.242. The molecule has 106 valence electrons. The summed E-state index contributed by atoms with van der Waals surface area (Å²) in [6.07, 6.45) is 0.694. The third-order valence-electron chi connectivity index (χ3n) is 3.35. The molecule has 1 heterocycles. The van der Waals surface area contributed by atoms with Crippen LogP contribution in [0.3, 0.4) is 0 Å². The van der Waals surface area contributed by atoms with E-state index in [0.29, 0.717) is 18.0 Å². The number of benzene rings is 1. The zero-order chi connectivity index (χ0) is 14.8. The number of nitrogens with zero attached hydrogens (tertiary/aromatic N) is 2. The lowest BCUT2D eigenvalue weighted by molar-refractivity contribution is 0.0292. The summed E-state index contributed by atoms with van der Waals surface area (Å²) in [5, 5.41) is 8.80. The third-order valence-corrected chi connectivity index (χ3v) is 3.35. The van der Waals surface area contributed by atoms with Crippen LogP contribution in [0.25, 0.3) is 0 Å². The Morgan fingerprint density at radius 1 is 1.35 bits per heavy atom. The van der Waals surface area contributed by atoms with Crippen molar-refractivity contribution in [2.24, 2.45) is 0 Å². The van der Waals surface area contributed by atoms with E-state index in [4.69, 9.17) is 10.00 Å². The lowest BCUT2D eigenvalue weighted by atomic mass is 9.97. The summed E-state index contributed by atoms with van der Waals surface area (Å²) in [4.78, 5) is 13.8. The number of amides is 1. The minimum atomic E-state index is -0.455. The van der Waals surface area contributed by atoms with Crippen LogP contribution in [0.2, 0.25) is 0 Å². The summed E-state index contributed by atoms with van der Waals surface area (Å²) < 4.78 is 5.39. The zero-order valence-electron chi connectivity index (χ0n) is 12.2. The van der Waals surface area contributed by atoms with Crippen LogP contribution in [0.4, 0.5) is 4.79 Å². The molecule has 1 atom stereocenters. The lowest BCUT2D eigenvalue weighted by Crippen LogP contribution is -2.35. The summed E-state index contributed by atoms with van der Waals surface area (Å²) in [7, 11) is 0. The summed E-state index contributed by atoms with van der Waals surface area (Å²) in [6.45, 7) is 7.03. The van der Waals surface area contributed by atoms with E-state index in [1.165, 1.54) is 5.56 Å². The minimum Gasteiger partial charge on any atom is -0.444 e. The van der Waals surface area contributed by atoms with E-state index >= 15 is 0 Å². The first-order valence-corrected chi connectivity index (χ1v) is 6.87. The van der Waals surface area contributed by atoms with Crippen molar-refractivity contribution in [1.29, 1.82) is 5.26 Å². The topological polar surface area (TPSA) is 53.3 Å². The highest BCUT2D eigenvalue weighted by molar-refractivity contribution is 5.68.